The monoisotopic (exact) mass is 734 g/mol. The number of amides is 1. The van der Waals surface area contributed by atoms with E-state index in [1.54, 1.807) is 0 Å². The molecule has 0 aromatic carbocycles. The van der Waals surface area contributed by atoms with Crippen molar-refractivity contribution >= 4 is 5.91 Å². The number of hydrogen-bond acceptors (Lipinski definition) is 3. The van der Waals surface area contributed by atoms with E-state index in [4.69, 9.17) is 0 Å². The minimum Gasteiger partial charge on any atom is -0.394 e. The van der Waals surface area contributed by atoms with Crippen molar-refractivity contribution in [2.75, 3.05) is 6.61 Å². The molecule has 3 N–H and O–H groups in total. The Morgan fingerprint density at radius 2 is 0.731 bits per heavy atom. The van der Waals surface area contributed by atoms with Crippen LogP contribution < -0.4 is 5.32 Å². The number of carbonyl (C=O) groups is 1. The molecule has 0 aliphatic heterocycles. The summed E-state index contributed by atoms with van der Waals surface area (Å²) in [5, 5.41) is 23.2. The maximum atomic E-state index is 12.4. The first kappa shape index (κ1) is 51.1. The van der Waals surface area contributed by atoms with Crippen LogP contribution in [0.4, 0.5) is 0 Å². The average molecular weight is 734 g/mol. The van der Waals surface area contributed by atoms with Crippen LogP contribution in [0.15, 0.2) is 12.2 Å². The molecule has 4 heteroatoms. The molecule has 0 aromatic rings. The summed E-state index contributed by atoms with van der Waals surface area (Å²) >= 11 is 0. The smallest absolute Gasteiger partial charge is 0.220 e. The Morgan fingerprint density at radius 1 is 0.442 bits per heavy atom. The van der Waals surface area contributed by atoms with Crippen LogP contribution in [0, 0.1) is 0 Å². The van der Waals surface area contributed by atoms with Crippen molar-refractivity contribution in [2.24, 2.45) is 0 Å². The van der Waals surface area contributed by atoms with Gasteiger partial charge in [-0.05, 0) is 38.5 Å². The van der Waals surface area contributed by atoms with Crippen molar-refractivity contribution < 1.29 is 15.0 Å². The van der Waals surface area contributed by atoms with Gasteiger partial charge in [0.05, 0.1) is 18.8 Å². The van der Waals surface area contributed by atoms with Gasteiger partial charge in [-0.15, -0.1) is 0 Å². The predicted octanol–water partition coefficient (Wildman–Crippen LogP) is 15.0. The SMILES string of the molecule is CCCCCCCC/C=C\CCCCCCCCCCCCCCCCCCCC(=O)N[C@@H](CO)[C@H](O)CCCCCCCCCCCCCCC. The van der Waals surface area contributed by atoms with Crippen molar-refractivity contribution in [3.8, 4) is 0 Å². The molecule has 0 heterocycles. The molecule has 0 radical (unpaired) electrons. The first-order chi connectivity index (χ1) is 25.7. The van der Waals surface area contributed by atoms with Crippen molar-refractivity contribution in [3.05, 3.63) is 12.2 Å². The number of carbonyl (C=O) groups excluding carboxylic acids is 1. The Balaban J connectivity index is 3.42. The van der Waals surface area contributed by atoms with E-state index < -0.39 is 12.1 Å². The molecule has 0 bridgehead atoms. The number of unbranched alkanes of at least 4 members (excludes halogenated alkanes) is 35. The molecule has 0 fully saturated rings. The number of nitrogens with one attached hydrogen (secondary N) is 1. The Bertz CT molecular complexity index is 710. The molecule has 2 atom stereocenters. The fourth-order valence-electron chi connectivity index (χ4n) is 7.59. The van der Waals surface area contributed by atoms with Gasteiger partial charge < -0.3 is 15.5 Å². The van der Waals surface area contributed by atoms with Crippen LogP contribution in [0.1, 0.15) is 271 Å². The van der Waals surface area contributed by atoms with E-state index in [0.717, 1.165) is 25.7 Å². The minimum atomic E-state index is -0.654. The van der Waals surface area contributed by atoms with Crippen molar-refractivity contribution in [1.29, 1.82) is 0 Å². The lowest BCUT2D eigenvalue weighted by atomic mass is 10.0. The fraction of sp³-hybridized carbons (Fsp3) is 0.938. The van der Waals surface area contributed by atoms with Gasteiger partial charge >= 0.3 is 0 Å². The highest BCUT2D eigenvalue weighted by Gasteiger charge is 2.20. The summed E-state index contributed by atoms with van der Waals surface area (Å²) in [6, 6.07) is -0.531. The van der Waals surface area contributed by atoms with Crippen molar-refractivity contribution in [3.63, 3.8) is 0 Å². The normalized spacial score (nSPS) is 12.9. The fourth-order valence-corrected chi connectivity index (χ4v) is 7.59. The molecular weight excluding hydrogens is 639 g/mol. The van der Waals surface area contributed by atoms with Crippen LogP contribution in [0.25, 0.3) is 0 Å². The summed E-state index contributed by atoms with van der Waals surface area (Å²) in [6.07, 6.45) is 55.9. The third-order valence-corrected chi connectivity index (χ3v) is 11.3. The van der Waals surface area contributed by atoms with Gasteiger partial charge in [0.2, 0.25) is 5.91 Å². The first-order valence-electron chi connectivity index (χ1n) is 23.9. The Hall–Kier alpha value is -0.870. The minimum absolute atomic E-state index is 0.0271. The Labute approximate surface area is 327 Å². The molecule has 0 spiro atoms. The van der Waals surface area contributed by atoms with Crippen LogP contribution >= 0.6 is 0 Å². The summed E-state index contributed by atoms with van der Waals surface area (Å²) in [5.41, 5.74) is 0. The maximum absolute atomic E-state index is 12.4. The van der Waals surface area contributed by atoms with Gasteiger partial charge in [-0.2, -0.15) is 0 Å². The zero-order chi connectivity index (χ0) is 37.8. The Morgan fingerprint density at radius 3 is 1.06 bits per heavy atom. The van der Waals surface area contributed by atoms with Crippen molar-refractivity contribution in [2.45, 2.75) is 283 Å². The van der Waals surface area contributed by atoms with Gasteiger partial charge in [-0.25, -0.2) is 0 Å². The van der Waals surface area contributed by atoms with E-state index in [1.165, 1.54) is 218 Å². The van der Waals surface area contributed by atoms with Crippen LogP contribution in [0.2, 0.25) is 0 Å². The molecule has 0 saturated carbocycles. The summed E-state index contributed by atoms with van der Waals surface area (Å²) in [5.74, 6) is -0.0271. The highest BCUT2D eigenvalue weighted by atomic mass is 16.3. The summed E-state index contributed by atoms with van der Waals surface area (Å²) in [6.45, 7) is 4.37. The molecule has 0 aromatic heterocycles. The number of rotatable bonds is 44. The molecule has 0 unspecified atom stereocenters. The topological polar surface area (TPSA) is 69.6 Å². The van der Waals surface area contributed by atoms with Crippen LogP contribution in [-0.2, 0) is 4.79 Å². The second-order valence-corrected chi connectivity index (χ2v) is 16.5. The lowest BCUT2D eigenvalue weighted by Gasteiger charge is -2.22. The first-order valence-corrected chi connectivity index (χ1v) is 23.9. The van der Waals surface area contributed by atoms with Gasteiger partial charge in [0.1, 0.15) is 0 Å². The molecule has 4 nitrogen and oxygen atoms in total. The maximum Gasteiger partial charge on any atom is 0.220 e. The van der Waals surface area contributed by atoms with E-state index in [-0.39, 0.29) is 12.5 Å². The van der Waals surface area contributed by atoms with Gasteiger partial charge in [0.15, 0.2) is 0 Å². The van der Waals surface area contributed by atoms with Crippen LogP contribution in [-0.4, -0.2) is 34.9 Å². The van der Waals surface area contributed by atoms with Gasteiger partial charge in [-0.3, -0.25) is 4.79 Å². The highest BCUT2D eigenvalue weighted by Crippen LogP contribution is 2.17. The third-order valence-electron chi connectivity index (χ3n) is 11.3. The molecule has 0 aliphatic rings. The molecular formula is C48H95NO3. The number of aliphatic hydroxyl groups excluding tert-OH is 2. The summed E-state index contributed by atoms with van der Waals surface area (Å²) in [4.78, 5) is 12.4. The van der Waals surface area contributed by atoms with E-state index >= 15 is 0 Å². The van der Waals surface area contributed by atoms with Gasteiger partial charge in [0.25, 0.3) is 0 Å². The zero-order valence-corrected chi connectivity index (χ0v) is 35.6. The molecule has 310 valence electrons. The largest absolute Gasteiger partial charge is 0.394 e. The Kier molecular flexibility index (Phi) is 43.8. The average Bonchev–Trinajstić information content (AvgIpc) is 3.15. The van der Waals surface area contributed by atoms with Gasteiger partial charge in [-0.1, -0.05) is 238 Å². The van der Waals surface area contributed by atoms with Crippen LogP contribution in [0.3, 0.4) is 0 Å². The van der Waals surface area contributed by atoms with E-state index in [1.807, 2.05) is 0 Å². The molecule has 52 heavy (non-hydrogen) atoms. The number of hydrogen-bond donors (Lipinski definition) is 3. The highest BCUT2D eigenvalue weighted by molar-refractivity contribution is 5.76. The number of aliphatic hydroxyl groups is 2. The van der Waals surface area contributed by atoms with E-state index in [2.05, 4.69) is 31.3 Å². The second kappa shape index (κ2) is 44.5. The van der Waals surface area contributed by atoms with Crippen LogP contribution in [0.5, 0.6) is 0 Å². The second-order valence-electron chi connectivity index (χ2n) is 16.5. The molecule has 0 rings (SSSR count). The quantitative estimate of drug-likeness (QED) is 0.0431. The van der Waals surface area contributed by atoms with Gasteiger partial charge in [0, 0.05) is 6.42 Å². The number of allylic oxidation sites excluding steroid dienone is 2. The third kappa shape index (κ3) is 40.3. The lowest BCUT2D eigenvalue weighted by molar-refractivity contribution is -0.123. The zero-order valence-electron chi connectivity index (χ0n) is 35.6. The standard InChI is InChI=1S/C48H95NO3/c1-3-5-7-9-11-13-15-17-18-19-20-21-22-23-24-25-26-27-28-29-30-32-34-36-38-40-42-44-48(52)49-46(45-50)47(51)43-41-39-37-35-33-31-16-14-12-10-8-6-4-2/h17-18,46-47,50-51H,3-16,19-45H2,1-2H3,(H,49,52)/b18-17-/t46-,47+/m0/s1. The molecule has 0 aliphatic carbocycles. The predicted molar refractivity (Wildman–Crippen MR) is 230 cm³/mol. The molecule has 1 amide bonds. The molecule has 0 saturated heterocycles. The van der Waals surface area contributed by atoms with E-state index in [0.29, 0.717) is 12.8 Å². The summed E-state index contributed by atoms with van der Waals surface area (Å²) < 4.78 is 0. The lowest BCUT2D eigenvalue weighted by Crippen LogP contribution is -2.45. The van der Waals surface area contributed by atoms with Crippen molar-refractivity contribution in [1.82, 2.24) is 5.32 Å². The summed E-state index contributed by atoms with van der Waals surface area (Å²) in [7, 11) is 0. The van der Waals surface area contributed by atoms with E-state index in [9.17, 15) is 15.0 Å².